The van der Waals surface area contributed by atoms with E-state index in [1.54, 1.807) is 18.1 Å². The molecule has 0 saturated carbocycles. The van der Waals surface area contributed by atoms with Gasteiger partial charge in [-0.2, -0.15) is 0 Å². The molecule has 0 radical (unpaired) electrons. The molecular formula is C16H16N4S. The molecule has 21 heavy (non-hydrogen) atoms. The monoisotopic (exact) mass is 296 g/mol. The van der Waals surface area contributed by atoms with E-state index >= 15 is 0 Å². The second-order valence-corrected chi connectivity index (χ2v) is 5.91. The Hall–Kier alpha value is -2.27. The van der Waals surface area contributed by atoms with E-state index < -0.39 is 0 Å². The SMILES string of the molecule is CCSc1cccc(-n2cnc3ccccc32)c1C(=N)N. The van der Waals surface area contributed by atoms with Crippen LogP contribution in [0.25, 0.3) is 16.7 Å². The Labute approximate surface area is 127 Å². The van der Waals surface area contributed by atoms with Gasteiger partial charge in [-0.25, -0.2) is 4.98 Å². The van der Waals surface area contributed by atoms with Gasteiger partial charge in [0.1, 0.15) is 12.2 Å². The molecule has 5 heteroatoms. The molecule has 1 aromatic heterocycles. The average Bonchev–Trinajstić information content (AvgIpc) is 2.91. The van der Waals surface area contributed by atoms with Gasteiger partial charge in [0.25, 0.3) is 0 Å². The van der Waals surface area contributed by atoms with E-state index in [1.807, 2.05) is 47.0 Å². The second-order valence-electron chi connectivity index (χ2n) is 4.60. The lowest BCUT2D eigenvalue weighted by molar-refractivity contribution is 1.07. The Balaban J connectivity index is 2.27. The third kappa shape index (κ3) is 2.40. The van der Waals surface area contributed by atoms with Crippen LogP contribution in [0.5, 0.6) is 0 Å². The molecule has 0 unspecified atom stereocenters. The van der Waals surface area contributed by atoms with Crippen LogP contribution in [-0.4, -0.2) is 21.1 Å². The van der Waals surface area contributed by atoms with Crippen molar-refractivity contribution in [3.63, 3.8) is 0 Å². The lowest BCUT2D eigenvalue weighted by atomic mass is 10.1. The summed E-state index contributed by atoms with van der Waals surface area (Å²) in [4.78, 5) is 5.44. The van der Waals surface area contributed by atoms with Crippen molar-refractivity contribution >= 4 is 28.6 Å². The van der Waals surface area contributed by atoms with Gasteiger partial charge in [0.2, 0.25) is 0 Å². The third-order valence-corrected chi connectivity index (χ3v) is 4.23. The van der Waals surface area contributed by atoms with Crippen LogP contribution in [0, 0.1) is 5.41 Å². The van der Waals surface area contributed by atoms with Crippen molar-refractivity contribution in [1.29, 1.82) is 5.41 Å². The number of aromatic nitrogens is 2. The molecular weight excluding hydrogens is 280 g/mol. The molecule has 0 aliphatic heterocycles. The first kappa shape index (κ1) is 13.7. The fourth-order valence-corrected chi connectivity index (χ4v) is 3.26. The summed E-state index contributed by atoms with van der Waals surface area (Å²) in [6.07, 6.45) is 1.78. The molecule has 3 aromatic rings. The van der Waals surface area contributed by atoms with Gasteiger partial charge in [0.05, 0.1) is 22.3 Å². The first-order chi connectivity index (χ1) is 10.2. The Morgan fingerprint density at radius 2 is 2.05 bits per heavy atom. The normalized spacial score (nSPS) is 10.9. The summed E-state index contributed by atoms with van der Waals surface area (Å²) < 4.78 is 1.99. The lowest BCUT2D eigenvalue weighted by Gasteiger charge is -2.14. The van der Waals surface area contributed by atoms with Gasteiger partial charge < -0.3 is 5.73 Å². The fraction of sp³-hybridized carbons (Fsp3) is 0.125. The van der Waals surface area contributed by atoms with Crippen LogP contribution in [0.2, 0.25) is 0 Å². The quantitative estimate of drug-likeness (QED) is 0.440. The topological polar surface area (TPSA) is 67.7 Å². The predicted octanol–water partition coefficient (Wildman–Crippen LogP) is 3.42. The van der Waals surface area contributed by atoms with Crippen LogP contribution >= 0.6 is 11.8 Å². The maximum absolute atomic E-state index is 7.94. The molecule has 106 valence electrons. The zero-order valence-electron chi connectivity index (χ0n) is 11.7. The molecule has 0 bridgehead atoms. The molecule has 2 aromatic carbocycles. The number of para-hydroxylation sites is 2. The van der Waals surface area contributed by atoms with Crippen molar-refractivity contribution in [2.24, 2.45) is 5.73 Å². The van der Waals surface area contributed by atoms with E-state index in [9.17, 15) is 0 Å². The van der Waals surface area contributed by atoms with E-state index in [4.69, 9.17) is 11.1 Å². The maximum atomic E-state index is 7.94. The van der Waals surface area contributed by atoms with Gasteiger partial charge in [0.15, 0.2) is 0 Å². The van der Waals surface area contributed by atoms with Gasteiger partial charge in [-0.3, -0.25) is 9.98 Å². The summed E-state index contributed by atoms with van der Waals surface area (Å²) in [6, 6.07) is 13.9. The number of benzene rings is 2. The first-order valence-electron chi connectivity index (χ1n) is 6.75. The number of imidazole rings is 1. The van der Waals surface area contributed by atoms with Crippen LogP contribution in [0.1, 0.15) is 12.5 Å². The Morgan fingerprint density at radius 3 is 2.81 bits per heavy atom. The Bertz CT molecular complexity index is 807. The van der Waals surface area contributed by atoms with Gasteiger partial charge in [-0.15, -0.1) is 11.8 Å². The summed E-state index contributed by atoms with van der Waals surface area (Å²) in [7, 11) is 0. The van der Waals surface area contributed by atoms with Crippen LogP contribution < -0.4 is 5.73 Å². The number of fused-ring (bicyclic) bond motifs is 1. The molecule has 4 nitrogen and oxygen atoms in total. The average molecular weight is 296 g/mol. The minimum Gasteiger partial charge on any atom is -0.384 e. The van der Waals surface area contributed by atoms with Crippen molar-refractivity contribution in [1.82, 2.24) is 9.55 Å². The first-order valence-corrected chi connectivity index (χ1v) is 7.73. The van der Waals surface area contributed by atoms with Crippen LogP contribution in [0.15, 0.2) is 53.7 Å². The third-order valence-electron chi connectivity index (χ3n) is 3.29. The number of hydrogen-bond donors (Lipinski definition) is 2. The van der Waals surface area contributed by atoms with Gasteiger partial charge >= 0.3 is 0 Å². The zero-order chi connectivity index (χ0) is 14.8. The molecule has 1 heterocycles. The smallest absolute Gasteiger partial charge is 0.126 e. The zero-order valence-corrected chi connectivity index (χ0v) is 12.5. The number of hydrogen-bond acceptors (Lipinski definition) is 3. The second kappa shape index (κ2) is 5.61. The van der Waals surface area contributed by atoms with Gasteiger partial charge in [0, 0.05) is 4.90 Å². The highest BCUT2D eigenvalue weighted by molar-refractivity contribution is 7.99. The summed E-state index contributed by atoms with van der Waals surface area (Å²) >= 11 is 1.69. The Morgan fingerprint density at radius 1 is 1.24 bits per heavy atom. The van der Waals surface area contributed by atoms with Crippen molar-refractivity contribution in [3.05, 3.63) is 54.4 Å². The molecule has 0 spiro atoms. The molecule has 0 atom stereocenters. The standard InChI is InChI=1S/C16H16N4S/c1-2-21-14-9-5-8-13(15(14)16(17)18)20-10-19-11-6-3-4-7-12(11)20/h3-10H,2H2,1H3,(H3,17,18). The molecule has 0 aliphatic carbocycles. The van der Waals surface area contributed by atoms with Crippen molar-refractivity contribution in [2.45, 2.75) is 11.8 Å². The van der Waals surface area contributed by atoms with Crippen LogP contribution in [0.4, 0.5) is 0 Å². The maximum Gasteiger partial charge on any atom is 0.126 e. The predicted molar refractivity (Wildman–Crippen MR) is 88.5 cm³/mol. The highest BCUT2D eigenvalue weighted by Gasteiger charge is 2.14. The minimum absolute atomic E-state index is 0.0827. The summed E-state index contributed by atoms with van der Waals surface area (Å²) in [5.41, 5.74) is 9.44. The molecule has 0 fully saturated rings. The fourth-order valence-electron chi connectivity index (χ4n) is 2.42. The number of rotatable bonds is 4. The van der Waals surface area contributed by atoms with Gasteiger partial charge in [-0.1, -0.05) is 25.1 Å². The number of thioether (sulfide) groups is 1. The van der Waals surface area contributed by atoms with Crippen molar-refractivity contribution < 1.29 is 0 Å². The molecule has 3 N–H and O–H groups in total. The number of nitrogens with two attached hydrogens (primary N) is 1. The molecule has 0 saturated heterocycles. The van der Waals surface area contributed by atoms with Crippen molar-refractivity contribution in [2.75, 3.05) is 5.75 Å². The number of nitrogens with one attached hydrogen (secondary N) is 1. The highest BCUT2D eigenvalue weighted by Crippen LogP contribution is 2.29. The van der Waals surface area contributed by atoms with E-state index in [1.165, 1.54) is 0 Å². The van der Waals surface area contributed by atoms with E-state index in [-0.39, 0.29) is 5.84 Å². The van der Waals surface area contributed by atoms with Crippen LogP contribution in [0.3, 0.4) is 0 Å². The minimum atomic E-state index is 0.0827. The summed E-state index contributed by atoms with van der Waals surface area (Å²) in [5, 5.41) is 7.94. The van der Waals surface area contributed by atoms with E-state index in [0.29, 0.717) is 0 Å². The largest absolute Gasteiger partial charge is 0.384 e. The van der Waals surface area contributed by atoms with Crippen LogP contribution in [-0.2, 0) is 0 Å². The highest BCUT2D eigenvalue weighted by atomic mass is 32.2. The molecule has 3 rings (SSSR count). The Kier molecular flexibility index (Phi) is 3.66. The summed E-state index contributed by atoms with van der Waals surface area (Å²) in [5.74, 6) is 1.02. The number of amidine groups is 1. The molecule has 0 aliphatic rings. The molecule has 0 amide bonds. The van der Waals surface area contributed by atoms with Gasteiger partial charge in [-0.05, 0) is 30.0 Å². The van der Waals surface area contributed by atoms with E-state index in [2.05, 4.69) is 11.9 Å². The number of nitrogen functional groups attached to an aromatic ring is 1. The van der Waals surface area contributed by atoms with E-state index in [0.717, 1.165) is 32.9 Å². The number of nitrogens with zero attached hydrogens (tertiary/aromatic N) is 2. The van der Waals surface area contributed by atoms with Crippen molar-refractivity contribution in [3.8, 4) is 5.69 Å². The summed E-state index contributed by atoms with van der Waals surface area (Å²) in [6.45, 7) is 2.09. The lowest BCUT2D eigenvalue weighted by Crippen LogP contribution is -2.16.